The second-order valence-electron chi connectivity index (χ2n) is 12.8. The van der Waals surface area contributed by atoms with Crippen molar-refractivity contribution in [1.29, 1.82) is 0 Å². The molecule has 0 atom stereocenters. The molecule has 2 heterocycles. The number of para-hydroxylation sites is 1. The average Bonchev–Trinajstić information content (AvgIpc) is 3.81. The topological polar surface area (TPSA) is 42.4 Å². The molecule has 0 aliphatic heterocycles. The fourth-order valence-corrected chi connectivity index (χ4v) is 7.16. The van der Waals surface area contributed by atoms with Crippen LogP contribution in [0, 0.1) is 0 Å². The van der Waals surface area contributed by atoms with E-state index in [1.54, 1.807) is 0 Å². The summed E-state index contributed by atoms with van der Waals surface area (Å²) in [4.78, 5) is 7.20. The van der Waals surface area contributed by atoms with E-state index in [9.17, 15) is 0 Å². The molecule has 0 spiro atoms. The first-order valence-corrected chi connectivity index (χ1v) is 17.1. The van der Waals surface area contributed by atoms with E-state index in [0.29, 0.717) is 5.89 Å². The molecule has 10 aromatic rings. The molecular formula is C47H30N2O2. The smallest absolute Gasteiger partial charge is 0.227 e. The summed E-state index contributed by atoms with van der Waals surface area (Å²) < 4.78 is 13.3. The van der Waals surface area contributed by atoms with Crippen molar-refractivity contribution in [2.24, 2.45) is 0 Å². The van der Waals surface area contributed by atoms with Crippen LogP contribution in [0.15, 0.2) is 191 Å². The van der Waals surface area contributed by atoms with Crippen LogP contribution in [0.1, 0.15) is 0 Å². The summed E-state index contributed by atoms with van der Waals surface area (Å²) in [7, 11) is 0. The number of hydrogen-bond acceptors (Lipinski definition) is 4. The number of nitrogens with zero attached hydrogens (tertiary/aromatic N) is 2. The van der Waals surface area contributed by atoms with Crippen LogP contribution in [-0.4, -0.2) is 4.98 Å². The summed E-state index contributed by atoms with van der Waals surface area (Å²) >= 11 is 0. The lowest BCUT2D eigenvalue weighted by atomic mass is 10.0. The fourth-order valence-electron chi connectivity index (χ4n) is 7.16. The van der Waals surface area contributed by atoms with Crippen molar-refractivity contribution in [3.63, 3.8) is 0 Å². The molecule has 0 aliphatic carbocycles. The highest BCUT2D eigenvalue weighted by Crippen LogP contribution is 2.45. The second kappa shape index (κ2) is 11.9. The van der Waals surface area contributed by atoms with Gasteiger partial charge in [-0.15, -0.1) is 0 Å². The molecular weight excluding hydrogens is 625 g/mol. The molecule has 2 aromatic heterocycles. The average molecular weight is 655 g/mol. The summed E-state index contributed by atoms with van der Waals surface area (Å²) in [6.07, 6.45) is 0. The summed E-state index contributed by atoms with van der Waals surface area (Å²) in [6.45, 7) is 0. The maximum absolute atomic E-state index is 6.75. The first kappa shape index (κ1) is 29.0. The molecule has 51 heavy (non-hydrogen) atoms. The minimum Gasteiger partial charge on any atom is -0.454 e. The van der Waals surface area contributed by atoms with Gasteiger partial charge in [-0.25, -0.2) is 4.98 Å². The lowest BCUT2D eigenvalue weighted by molar-refractivity contribution is 0.622. The number of benzene rings is 8. The van der Waals surface area contributed by atoms with Crippen LogP contribution in [-0.2, 0) is 0 Å². The Labute approximate surface area is 294 Å². The highest BCUT2D eigenvalue weighted by atomic mass is 16.4. The third-order valence-electron chi connectivity index (χ3n) is 9.70. The van der Waals surface area contributed by atoms with Crippen LogP contribution in [0.2, 0.25) is 0 Å². The Bertz CT molecular complexity index is 2840. The van der Waals surface area contributed by atoms with Crippen LogP contribution < -0.4 is 4.90 Å². The van der Waals surface area contributed by atoms with E-state index in [1.165, 1.54) is 21.9 Å². The number of rotatable bonds is 6. The van der Waals surface area contributed by atoms with E-state index in [4.69, 9.17) is 13.8 Å². The van der Waals surface area contributed by atoms with Gasteiger partial charge in [0.05, 0.1) is 11.1 Å². The van der Waals surface area contributed by atoms with Gasteiger partial charge in [-0.05, 0) is 87.6 Å². The molecule has 0 amide bonds. The predicted octanol–water partition coefficient (Wildman–Crippen LogP) is 13.4. The van der Waals surface area contributed by atoms with Gasteiger partial charge in [0.25, 0.3) is 0 Å². The van der Waals surface area contributed by atoms with Crippen LogP contribution >= 0.6 is 0 Å². The number of oxazole rings is 1. The van der Waals surface area contributed by atoms with Gasteiger partial charge in [0, 0.05) is 22.3 Å². The second-order valence-corrected chi connectivity index (χ2v) is 12.8. The Morgan fingerprint density at radius 3 is 1.75 bits per heavy atom. The van der Waals surface area contributed by atoms with E-state index in [0.717, 1.165) is 66.8 Å². The molecule has 0 fully saturated rings. The summed E-state index contributed by atoms with van der Waals surface area (Å²) in [5.41, 5.74) is 11.7. The largest absolute Gasteiger partial charge is 0.454 e. The molecule has 4 heteroatoms. The zero-order chi connectivity index (χ0) is 33.7. The minimum atomic E-state index is 0.582. The van der Waals surface area contributed by atoms with Crippen molar-refractivity contribution in [2.45, 2.75) is 0 Å². The van der Waals surface area contributed by atoms with Crippen molar-refractivity contribution < 1.29 is 8.83 Å². The first-order valence-electron chi connectivity index (χ1n) is 17.1. The Morgan fingerprint density at radius 2 is 1.02 bits per heavy atom. The highest BCUT2D eigenvalue weighted by Gasteiger charge is 2.22. The van der Waals surface area contributed by atoms with Crippen molar-refractivity contribution in [3.05, 3.63) is 182 Å². The summed E-state index contributed by atoms with van der Waals surface area (Å²) in [6, 6.07) is 63.3. The summed E-state index contributed by atoms with van der Waals surface area (Å²) in [5.74, 6) is 0.582. The van der Waals surface area contributed by atoms with Gasteiger partial charge < -0.3 is 13.7 Å². The lowest BCUT2D eigenvalue weighted by Crippen LogP contribution is -2.10. The normalized spacial score (nSPS) is 11.5. The number of anilines is 3. The maximum Gasteiger partial charge on any atom is 0.227 e. The third-order valence-corrected chi connectivity index (χ3v) is 9.70. The predicted molar refractivity (Wildman–Crippen MR) is 210 cm³/mol. The molecule has 0 saturated heterocycles. The Hall–Kier alpha value is -6.91. The molecule has 0 aliphatic rings. The Kier molecular flexibility index (Phi) is 6.78. The molecule has 0 saturated carbocycles. The van der Waals surface area contributed by atoms with Gasteiger partial charge in [0.1, 0.15) is 11.1 Å². The Balaban J connectivity index is 1.12. The van der Waals surface area contributed by atoms with Crippen molar-refractivity contribution in [2.75, 3.05) is 4.90 Å². The van der Waals surface area contributed by atoms with Gasteiger partial charge in [0.2, 0.25) is 5.89 Å². The number of hydrogen-bond donors (Lipinski definition) is 0. The molecule has 240 valence electrons. The molecule has 4 nitrogen and oxygen atoms in total. The minimum absolute atomic E-state index is 0.582. The zero-order valence-electron chi connectivity index (χ0n) is 27.5. The quantitative estimate of drug-likeness (QED) is 0.179. The van der Waals surface area contributed by atoms with Crippen LogP contribution in [0.5, 0.6) is 0 Å². The van der Waals surface area contributed by atoms with Crippen molar-refractivity contribution in [1.82, 2.24) is 4.98 Å². The van der Waals surface area contributed by atoms with Gasteiger partial charge in [-0.2, -0.15) is 0 Å². The number of furan rings is 1. The van der Waals surface area contributed by atoms with Crippen LogP contribution in [0.4, 0.5) is 17.1 Å². The van der Waals surface area contributed by atoms with E-state index in [1.807, 2.05) is 24.3 Å². The van der Waals surface area contributed by atoms with Crippen LogP contribution in [0.25, 0.3) is 77.5 Å². The zero-order valence-corrected chi connectivity index (χ0v) is 27.5. The number of fused-ring (bicyclic) bond motifs is 6. The SMILES string of the molecule is c1ccc(-c2ccc(-c3nc4ccc5oc6c(N(c7ccc(-c8ccccc8)cc7)c7ccc8ccccc8c7)cccc6c5c4o3)cc2)cc1. The lowest BCUT2D eigenvalue weighted by Gasteiger charge is -2.26. The molecule has 0 bridgehead atoms. The molecule has 8 aromatic carbocycles. The monoisotopic (exact) mass is 654 g/mol. The van der Waals surface area contributed by atoms with Crippen molar-refractivity contribution >= 4 is 60.9 Å². The van der Waals surface area contributed by atoms with E-state index in [-0.39, 0.29) is 0 Å². The van der Waals surface area contributed by atoms with E-state index in [2.05, 4.69) is 163 Å². The van der Waals surface area contributed by atoms with Crippen molar-refractivity contribution in [3.8, 4) is 33.7 Å². The van der Waals surface area contributed by atoms with Gasteiger partial charge in [-0.3, -0.25) is 0 Å². The Morgan fingerprint density at radius 1 is 0.412 bits per heavy atom. The van der Waals surface area contributed by atoms with E-state index >= 15 is 0 Å². The highest BCUT2D eigenvalue weighted by molar-refractivity contribution is 6.19. The maximum atomic E-state index is 6.75. The fraction of sp³-hybridized carbons (Fsp3) is 0. The molecule has 0 unspecified atom stereocenters. The van der Waals surface area contributed by atoms with Crippen LogP contribution in [0.3, 0.4) is 0 Å². The van der Waals surface area contributed by atoms with E-state index < -0.39 is 0 Å². The van der Waals surface area contributed by atoms with Gasteiger partial charge in [-0.1, -0.05) is 127 Å². The molecule has 0 radical (unpaired) electrons. The van der Waals surface area contributed by atoms with Gasteiger partial charge >= 0.3 is 0 Å². The number of aromatic nitrogens is 1. The molecule has 0 N–H and O–H groups in total. The first-order chi connectivity index (χ1) is 25.3. The standard InChI is InChI=1S/C47H30N2O2/c1-3-10-31(11-4-1)34-18-20-36(21-19-34)47-48-41-28-29-43-44(46(41)51-47)40-16-9-17-42(45(40)50-43)49(39-27-24-33-14-7-8-15-37(33)30-39)38-25-22-35(23-26-38)32-12-5-2-6-13-32/h1-30H. The molecule has 10 rings (SSSR count). The third kappa shape index (κ3) is 5.04. The van der Waals surface area contributed by atoms with Gasteiger partial charge in [0.15, 0.2) is 11.2 Å². The summed E-state index contributed by atoms with van der Waals surface area (Å²) in [5, 5.41) is 4.26.